The number of benzene rings is 2. The van der Waals surface area contributed by atoms with Gasteiger partial charge < -0.3 is 20.3 Å². The smallest absolute Gasteiger partial charge is 0.296 e. The third-order valence-corrected chi connectivity index (χ3v) is 5.33. The molecule has 0 bridgehead atoms. The molecule has 0 atom stereocenters. The van der Waals surface area contributed by atoms with Crippen LogP contribution in [0, 0.1) is 10.1 Å². The molecule has 0 aliphatic heterocycles. The molecule has 0 saturated carbocycles. The van der Waals surface area contributed by atoms with Gasteiger partial charge in [0.1, 0.15) is 18.0 Å². The second-order valence-corrected chi connectivity index (χ2v) is 8.06. The number of rotatable bonds is 13. The third kappa shape index (κ3) is 8.33. The Hall–Kier alpha value is -4.07. The van der Waals surface area contributed by atoms with Gasteiger partial charge in [-0.25, -0.2) is 0 Å². The summed E-state index contributed by atoms with van der Waals surface area (Å²) in [6, 6.07) is 12.6. The number of allylic oxidation sites excluding steroid dienone is 3. The minimum atomic E-state index is -0.398. The molecule has 8 heteroatoms. The van der Waals surface area contributed by atoms with Gasteiger partial charge in [0, 0.05) is 37.7 Å². The molecule has 2 aromatic carbocycles. The van der Waals surface area contributed by atoms with E-state index in [9.17, 15) is 10.1 Å². The first kappa shape index (κ1) is 25.6. The molecule has 0 fully saturated rings. The topological polar surface area (TPSA) is 92.0 Å². The van der Waals surface area contributed by atoms with Gasteiger partial charge in [-0.2, -0.15) is 0 Å². The molecule has 0 radical (unpaired) electrons. The molecule has 8 nitrogen and oxygen atoms in total. The highest BCUT2D eigenvalue weighted by atomic mass is 16.6. The van der Waals surface area contributed by atoms with Crippen LogP contribution in [0.3, 0.4) is 0 Å². The average Bonchev–Trinajstić information content (AvgIpc) is 2.87. The van der Waals surface area contributed by atoms with Crippen LogP contribution in [0.2, 0.25) is 0 Å². The van der Waals surface area contributed by atoms with Gasteiger partial charge in [-0.15, -0.1) is 0 Å². The summed E-state index contributed by atoms with van der Waals surface area (Å²) < 4.78 is 5.77. The zero-order valence-electron chi connectivity index (χ0n) is 20.3. The van der Waals surface area contributed by atoms with Crippen molar-refractivity contribution in [2.45, 2.75) is 26.2 Å². The van der Waals surface area contributed by atoms with Gasteiger partial charge in [-0.1, -0.05) is 24.3 Å². The molecule has 2 aromatic rings. The van der Waals surface area contributed by atoms with E-state index in [-0.39, 0.29) is 5.69 Å². The number of nitrogens with one attached hydrogen (secondary N) is 2. The summed E-state index contributed by atoms with van der Waals surface area (Å²) in [4.78, 5) is 17.4. The lowest BCUT2D eigenvalue weighted by Gasteiger charge is -2.15. The molecule has 2 N–H and O–H groups in total. The summed E-state index contributed by atoms with van der Waals surface area (Å²) in [5, 5.41) is 18.2. The Bertz CT molecular complexity index is 1080. The molecule has 35 heavy (non-hydrogen) atoms. The molecule has 0 unspecified atom stereocenters. The number of nitro groups is 1. The SMILES string of the molecule is C/C=C\N(C=NC)CCCNc1ccc(Nc2ccc(OCC3=CCCC=C3)cc2[N+](=O)[O-])cc1. The van der Waals surface area contributed by atoms with E-state index < -0.39 is 4.92 Å². The van der Waals surface area contributed by atoms with E-state index >= 15 is 0 Å². The number of nitrogens with zero attached hydrogens (tertiary/aromatic N) is 3. The minimum Gasteiger partial charge on any atom is -0.489 e. The Morgan fingerprint density at radius 2 is 1.97 bits per heavy atom. The number of nitro benzene ring substituents is 1. The van der Waals surface area contributed by atoms with E-state index in [1.807, 2.05) is 60.8 Å². The van der Waals surface area contributed by atoms with Crippen LogP contribution >= 0.6 is 0 Å². The van der Waals surface area contributed by atoms with E-state index in [4.69, 9.17) is 4.74 Å². The molecular formula is C27H33N5O3. The molecule has 0 spiro atoms. The van der Waals surface area contributed by atoms with Gasteiger partial charge >= 0.3 is 0 Å². The van der Waals surface area contributed by atoms with Crippen molar-refractivity contribution in [3.05, 3.63) is 88.7 Å². The van der Waals surface area contributed by atoms with Crippen LogP contribution in [0.15, 0.2) is 83.5 Å². The standard InChI is InChI=1S/C27H33N5O3/c1-3-17-31(21-28-2)18-7-16-29-23-10-12-24(13-11-23)30-26-15-14-25(19-27(26)32(33)34)35-20-22-8-5-4-6-9-22/h3,5,8-15,17,19,21,29-30H,4,6-7,16,18,20H2,1-2H3/b17-3-,28-21?. The predicted molar refractivity (Wildman–Crippen MR) is 144 cm³/mol. The van der Waals surface area contributed by atoms with Gasteiger partial charge in [0.2, 0.25) is 0 Å². The van der Waals surface area contributed by atoms with Crippen molar-refractivity contribution in [1.82, 2.24) is 4.90 Å². The Morgan fingerprint density at radius 1 is 1.17 bits per heavy atom. The lowest BCUT2D eigenvalue weighted by atomic mass is 10.1. The second kappa shape index (κ2) is 13.6. The van der Waals surface area contributed by atoms with Gasteiger partial charge in [-0.3, -0.25) is 15.1 Å². The van der Waals surface area contributed by atoms with Crippen molar-refractivity contribution in [3.63, 3.8) is 0 Å². The van der Waals surface area contributed by atoms with Gasteiger partial charge in [-0.05, 0) is 68.2 Å². The van der Waals surface area contributed by atoms with Crippen molar-refractivity contribution < 1.29 is 9.66 Å². The normalized spacial score (nSPS) is 13.1. The van der Waals surface area contributed by atoms with Gasteiger partial charge in [0.05, 0.1) is 17.3 Å². The fraction of sp³-hybridized carbons (Fsp3) is 0.296. The van der Waals surface area contributed by atoms with E-state index in [2.05, 4.69) is 27.8 Å². The molecule has 0 amide bonds. The van der Waals surface area contributed by atoms with Crippen LogP contribution in [0.5, 0.6) is 5.75 Å². The molecule has 0 aromatic heterocycles. The maximum Gasteiger partial charge on any atom is 0.296 e. The van der Waals surface area contributed by atoms with Crippen LogP contribution in [-0.2, 0) is 0 Å². The molecule has 0 saturated heterocycles. The number of hydrogen-bond acceptors (Lipinski definition) is 6. The zero-order chi connectivity index (χ0) is 24.9. The fourth-order valence-electron chi connectivity index (χ4n) is 3.63. The molecule has 1 aliphatic carbocycles. The molecule has 184 valence electrons. The number of hydrogen-bond donors (Lipinski definition) is 2. The van der Waals surface area contributed by atoms with Crippen molar-refractivity contribution >= 4 is 29.1 Å². The largest absolute Gasteiger partial charge is 0.489 e. The maximum atomic E-state index is 11.7. The van der Waals surface area contributed by atoms with E-state index in [0.29, 0.717) is 18.0 Å². The molecule has 3 rings (SSSR count). The summed E-state index contributed by atoms with van der Waals surface area (Å²) in [5.74, 6) is 0.472. The van der Waals surface area contributed by atoms with Crippen LogP contribution < -0.4 is 15.4 Å². The fourth-order valence-corrected chi connectivity index (χ4v) is 3.63. The van der Waals surface area contributed by atoms with E-state index in [1.54, 1.807) is 19.2 Å². The van der Waals surface area contributed by atoms with Crippen molar-refractivity contribution in [3.8, 4) is 5.75 Å². The summed E-state index contributed by atoms with van der Waals surface area (Å²) >= 11 is 0. The maximum absolute atomic E-state index is 11.7. The number of ether oxygens (including phenoxy) is 1. The van der Waals surface area contributed by atoms with Crippen molar-refractivity contribution in [2.24, 2.45) is 4.99 Å². The first-order chi connectivity index (χ1) is 17.1. The van der Waals surface area contributed by atoms with Gasteiger partial charge in [0.15, 0.2) is 0 Å². The molecule has 1 aliphatic rings. The van der Waals surface area contributed by atoms with Crippen molar-refractivity contribution in [2.75, 3.05) is 37.4 Å². The van der Waals surface area contributed by atoms with E-state index in [1.165, 1.54) is 6.07 Å². The van der Waals surface area contributed by atoms with E-state index in [0.717, 1.165) is 49.3 Å². The van der Waals surface area contributed by atoms with Crippen LogP contribution in [-0.4, -0.2) is 42.9 Å². The first-order valence-electron chi connectivity index (χ1n) is 11.8. The number of aliphatic imine (C=N–C) groups is 1. The summed E-state index contributed by atoms with van der Waals surface area (Å²) in [6.45, 7) is 4.06. The molecule has 0 heterocycles. The Balaban J connectivity index is 1.54. The monoisotopic (exact) mass is 475 g/mol. The third-order valence-electron chi connectivity index (χ3n) is 5.33. The summed E-state index contributed by atoms with van der Waals surface area (Å²) in [5.41, 5.74) is 3.23. The lowest BCUT2D eigenvalue weighted by molar-refractivity contribution is -0.384. The summed E-state index contributed by atoms with van der Waals surface area (Å²) in [7, 11) is 1.76. The number of anilines is 3. The first-order valence-corrected chi connectivity index (χ1v) is 11.8. The highest BCUT2D eigenvalue weighted by Crippen LogP contribution is 2.32. The summed E-state index contributed by atoms with van der Waals surface area (Å²) in [6.07, 6.45) is 15.0. The highest BCUT2D eigenvalue weighted by Gasteiger charge is 2.16. The minimum absolute atomic E-state index is 0.0285. The van der Waals surface area contributed by atoms with Gasteiger partial charge in [0.25, 0.3) is 5.69 Å². The lowest BCUT2D eigenvalue weighted by Crippen LogP contribution is -2.19. The van der Waals surface area contributed by atoms with Crippen LogP contribution in [0.25, 0.3) is 0 Å². The van der Waals surface area contributed by atoms with Crippen LogP contribution in [0.4, 0.5) is 22.7 Å². The quantitative estimate of drug-likeness (QED) is 0.116. The molecular weight excluding hydrogens is 442 g/mol. The van der Waals surface area contributed by atoms with Crippen LogP contribution in [0.1, 0.15) is 26.2 Å². The second-order valence-electron chi connectivity index (χ2n) is 8.06. The Kier molecular flexibility index (Phi) is 9.92. The van der Waals surface area contributed by atoms with Crippen molar-refractivity contribution in [1.29, 1.82) is 0 Å². The Morgan fingerprint density at radius 3 is 2.66 bits per heavy atom. The Labute approximate surface area is 206 Å². The average molecular weight is 476 g/mol. The predicted octanol–water partition coefficient (Wildman–Crippen LogP) is 6.29. The zero-order valence-corrected chi connectivity index (χ0v) is 20.3. The highest BCUT2D eigenvalue weighted by molar-refractivity contribution is 5.71.